The van der Waals surface area contributed by atoms with Crippen molar-refractivity contribution in [2.24, 2.45) is 40.2 Å². The minimum Gasteiger partial charge on any atom is -0.445 e. The summed E-state index contributed by atoms with van der Waals surface area (Å²) < 4.78 is 46.7. The molecular weight excluding hydrogens is 1430 g/mol. The molecule has 6 aliphatic rings. The quantitative estimate of drug-likeness (QED) is 0.0240. The van der Waals surface area contributed by atoms with Crippen LogP contribution in [-0.2, 0) is 94.2 Å². The van der Waals surface area contributed by atoms with Crippen LogP contribution in [0.3, 0.4) is 0 Å². The summed E-state index contributed by atoms with van der Waals surface area (Å²) in [5.41, 5.74) is 8.16. The summed E-state index contributed by atoms with van der Waals surface area (Å²) in [7, 11) is 0. The van der Waals surface area contributed by atoms with E-state index in [0.29, 0.717) is 56.9 Å². The minimum absolute atomic E-state index is 0.0302. The molecule has 1 saturated heterocycles. The van der Waals surface area contributed by atoms with Gasteiger partial charge in [0.2, 0.25) is 41.4 Å². The van der Waals surface area contributed by atoms with Gasteiger partial charge in [-0.3, -0.25) is 43.2 Å². The number of hydrogen-bond donors (Lipinski definition) is 10. The number of Topliss-reactive ketones (excluding diaryl/α,β-unsaturated/α-hetero) is 1. The summed E-state index contributed by atoms with van der Waals surface area (Å²) in [5.74, 6) is -4.37. The number of nitrogens with two attached hydrogens (primary N) is 1. The van der Waals surface area contributed by atoms with Crippen molar-refractivity contribution in [3.63, 3.8) is 0 Å². The number of allylic oxidation sites excluding steroid dienone is 4. The Morgan fingerprint density at radius 3 is 2.08 bits per heavy atom. The molecule has 0 radical (unpaired) electrons. The highest BCUT2D eigenvalue weighted by Crippen LogP contribution is 2.70. The molecule has 604 valence electrons. The summed E-state index contributed by atoms with van der Waals surface area (Å²) in [4.78, 5) is 146. The second-order valence-corrected chi connectivity index (χ2v) is 29.9. The Bertz CT molecular complexity index is 3870. The van der Waals surface area contributed by atoms with Crippen LogP contribution in [0, 0.1) is 34.5 Å². The molecule has 30 heteroatoms. The normalized spacial score (nSPS) is 24.0. The number of amides is 10. The molecule has 11 N–H and O–H groups in total. The maximum absolute atomic E-state index is 14.6. The lowest BCUT2D eigenvalue weighted by Gasteiger charge is -2.59. The number of urea groups is 1. The van der Waals surface area contributed by atoms with Crippen molar-refractivity contribution in [1.82, 2.24) is 37.2 Å². The van der Waals surface area contributed by atoms with Crippen LogP contribution in [0.15, 0.2) is 96.6 Å². The Balaban J connectivity index is 0.614. The zero-order valence-electron chi connectivity index (χ0n) is 64.6. The fourth-order valence-corrected chi connectivity index (χ4v) is 16.1. The van der Waals surface area contributed by atoms with Gasteiger partial charge in [0.15, 0.2) is 23.5 Å². The number of aliphatic hydroxyl groups excluding tert-OH is 1. The number of aliphatic hydroxyl groups is 1. The number of alkyl carbamates (subject to hydrolysis) is 1. The van der Waals surface area contributed by atoms with Gasteiger partial charge >= 0.3 is 12.1 Å². The average molecular weight is 1540 g/mol. The number of anilines is 2. The van der Waals surface area contributed by atoms with Gasteiger partial charge in [0.05, 0.1) is 77.3 Å². The number of fused-ring (bicyclic) bond motifs is 9. The molecule has 2 aliphatic heterocycles. The molecular formula is C81H110N10O20. The predicted octanol–water partition coefficient (Wildman–Crippen LogP) is 5.72. The first-order valence-electron chi connectivity index (χ1n) is 38.6. The SMILES string of the molecule is CCCC1O[C@@H]2C[C@H]3[C@@H]4CCC5=CC(=O)C=C[C@]5(C)[C@H]4[C@@H](O)C[C@]3(C)[C@]2(C(=O)COCNC(=O)[C@H](C)NC(=O)[C@H](C)NC(=O)OCc2ccc(NC(=O)[C@H](CCCNC(N)=O)NC(=O)[C@@H](NC(=O)CCOCCOCCOCCOCCNC(=O)CCC(=O)N3Cc4ccccc4/C=C\c4ccccc43)C(C)C)cc2)O1. The average Bonchev–Trinajstić information content (AvgIpc) is 1.52. The fraction of sp³-hybridized carbons (Fsp3) is 0.568. The molecule has 13 atom stereocenters. The molecule has 3 aromatic carbocycles. The van der Waals surface area contributed by atoms with Crippen LogP contribution in [0.1, 0.15) is 141 Å². The Morgan fingerprint density at radius 2 is 1.37 bits per heavy atom. The van der Waals surface area contributed by atoms with E-state index in [0.717, 1.165) is 40.8 Å². The standard InChI is InChI=1S/C81H110N10O20/c1-8-14-70-110-66-44-61-60-27-24-57-43-59(92)30-32-79(57,6)71(60)64(93)45-80(61,7)81(66,111-70)65(94)48-108-49-85-73(98)51(4)86-74(99)52(5)87-78(103)109-47-53-20-25-58(26-21-53)88-75(100)62(18-13-33-84-77(82)102)89-76(101)72(50(2)3)90-68(96)31-35-104-37-39-106-41-42-107-40-38-105-36-34-83-67(95)28-29-69(97)91-46-56-17-10-9-15-54(56)22-23-55-16-11-12-19-63(55)91/h9-12,15-17,19-23,25-26,30,32,43,50-52,60-62,64,66,70-72,93H,8,13-14,18,24,27-29,31,33-42,44-49H2,1-7H3,(H,83,95)(H,85,98)(H,86,99)(H,87,103)(H,88,100)(H,89,101)(H,90,96)(H3,82,84,102)/b23-22-/t51-,52-,60-,61-,62-,64-,66+,70?,71+,72-,79-,80-,81+/m0/s1. The molecule has 3 aromatic rings. The van der Waals surface area contributed by atoms with Gasteiger partial charge < -0.3 is 96.2 Å². The number of carbonyl (C=O) groups excluding carboxylic acids is 11. The molecule has 10 amide bonds. The minimum atomic E-state index is -1.41. The smallest absolute Gasteiger partial charge is 0.408 e. The summed E-state index contributed by atoms with van der Waals surface area (Å²) in [6.07, 6.45) is 10.3. The Labute approximate surface area is 647 Å². The molecule has 2 heterocycles. The van der Waals surface area contributed by atoms with Crippen LogP contribution >= 0.6 is 0 Å². The van der Waals surface area contributed by atoms with E-state index in [1.165, 1.54) is 13.8 Å². The van der Waals surface area contributed by atoms with Crippen LogP contribution in [0.5, 0.6) is 0 Å². The fourth-order valence-electron chi connectivity index (χ4n) is 16.1. The molecule has 0 bridgehead atoms. The lowest BCUT2D eigenvalue weighted by atomic mass is 9.46. The number of primary amides is 1. The lowest BCUT2D eigenvalue weighted by molar-refractivity contribution is -0.201. The third-order valence-corrected chi connectivity index (χ3v) is 21.8. The van der Waals surface area contributed by atoms with Crippen molar-refractivity contribution in [1.29, 1.82) is 0 Å². The van der Waals surface area contributed by atoms with Gasteiger partial charge in [-0.2, -0.15) is 0 Å². The van der Waals surface area contributed by atoms with Crippen molar-refractivity contribution >= 4 is 88.6 Å². The highest BCUT2D eigenvalue weighted by atomic mass is 16.7. The maximum Gasteiger partial charge on any atom is 0.408 e. The monoisotopic (exact) mass is 1540 g/mol. The van der Waals surface area contributed by atoms with E-state index in [1.807, 2.05) is 74.5 Å². The van der Waals surface area contributed by atoms with Crippen LogP contribution < -0.4 is 53.2 Å². The predicted molar refractivity (Wildman–Crippen MR) is 409 cm³/mol. The van der Waals surface area contributed by atoms with Crippen LogP contribution in [0.4, 0.5) is 21.0 Å². The number of carbonyl (C=O) groups is 11. The zero-order valence-corrected chi connectivity index (χ0v) is 64.6. The molecule has 0 aromatic heterocycles. The first kappa shape index (κ1) is 85.7. The van der Waals surface area contributed by atoms with Crippen molar-refractivity contribution in [2.45, 2.75) is 181 Å². The second kappa shape index (κ2) is 40.8. The lowest BCUT2D eigenvalue weighted by Crippen LogP contribution is -2.63. The van der Waals surface area contributed by atoms with E-state index in [4.69, 9.17) is 43.6 Å². The maximum atomic E-state index is 14.6. The van der Waals surface area contributed by atoms with Gasteiger partial charge in [-0.25, -0.2) is 9.59 Å². The molecule has 4 fully saturated rings. The van der Waals surface area contributed by atoms with Gasteiger partial charge in [0.1, 0.15) is 44.1 Å². The highest BCUT2D eigenvalue weighted by molar-refractivity contribution is 6.02. The zero-order chi connectivity index (χ0) is 79.8. The van der Waals surface area contributed by atoms with Crippen molar-refractivity contribution in [3.8, 4) is 0 Å². The largest absolute Gasteiger partial charge is 0.445 e. The summed E-state index contributed by atoms with van der Waals surface area (Å²) >= 11 is 0. The number of nitrogens with zero attached hydrogens (tertiary/aromatic N) is 1. The number of nitrogens with one attached hydrogen (secondary N) is 8. The van der Waals surface area contributed by atoms with Gasteiger partial charge in [0.25, 0.3) is 0 Å². The van der Waals surface area contributed by atoms with Crippen LogP contribution in [0.2, 0.25) is 0 Å². The van der Waals surface area contributed by atoms with E-state index in [1.54, 1.807) is 55.2 Å². The molecule has 111 heavy (non-hydrogen) atoms. The number of ketones is 2. The summed E-state index contributed by atoms with van der Waals surface area (Å²) in [6, 6.07) is 16.7. The van der Waals surface area contributed by atoms with E-state index in [9.17, 15) is 57.8 Å². The van der Waals surface area contributed by atoms with Crippen molar-refractivity contribution in [3.05, 3.63) is 119 Å². The highest BCUT2D eigenvalue weighted by Gasteiger charge is 2.76. The third-order valence-electron chi connectivity index (χ3n) is 21.8. The molecule has 4 aliphatic carbocycles. The van der Waals surface area contributed by atoms with Crippen LogP contribution in [-0.4, -0.2) is 198 Å². The Morgan fingerprint density at radius 1 is 0.694 bits per heavy atom. The molecule has 1 unspecified atom stereocenters. The molecule has 0 spiro atoms. The van der Waals surface area contributed by atoms with E-state index in [2.05, 4.69) is 55.5 Å². The summed E-state index contributed by atoms with van der Waals surface area (Å²) in [5, 5.41) is 33.1. The van der Waals surface area contributed by atoms with E-state index >= 15 is 0 Å². The Kier molecular flexibility index (Phi) is 31.5. The number of rotatable bonds is 41. The first-order valence-corrected chi connectivity index (χ1v) is 38.6. The Hall–Kier alpha value is -9.27. The van der Waals surface area contributed by atoms with E-state index < -0.39 is 113 Å². The first-order chi connectivity index (χ1) is 53.2. The number of para-hydroxylation sites is 1. The molecule has 3 saturated carbocycles. The number of ether oxygens (including phenoxy) is 8. The van der Waals surface area contributed by atoms with E-state index in [-0.39, 0.29) is 139 Å². The van der Waals surface area contributed by atoms with Crippen LogP contribution in [0.25, 0.3) is 12.2 Å². The van der Waals surface area contributed by atoms with Gasteiger partial charge in [-0.1, -0.05) is 119 Å². The van der Waals surface area contributed by atoms with Crippen molar-refractivity contribution in [2.75, 3.05) is 89.5 Å². The van der Waals surface area contributed by atoms with Crippen molar-refractivity contribution < 1.29 is 95.7 Å². The molecule has 30 nitrogen and oxygen atoms in total. The number of hydrogen-bond acceptors (Lipinski definition) is 20. The van der Waals surface area contributed by atoms with Gasteiger partial charge in [-0.05, 0) is 129 Å². The number of benzene rings is 3. The summed E-state index contributed by atoms with van der Waals surface area (Å²) in [6.45, 7) is 14.1. The van der Waals surface area contributed by atoms with Gasteiger partial charge in [-0.15, -0.1) is 0 Å². The third kappa shape index (κ3) is 22.5. The van der Waals surface area contributed by atoms with Gasteiger partial charge in [0, 0.05) is 54.8 Å². The second-order valence-electron chi connectivity index (χ2n) is 29.9. The topological polar surface area (TPSA) is 407 Å². The molecule has 9 rings (SSSR count).